The largest absolute Gasteiger partial charge is 0.480 e. The molecular formula is C27H34N2O7. The number of carboxylic acid groups (broad SMARTS) is 1. The Balaban J connectivity index is 1.39. The number of hydrogen-bond acceptors (Lipinski definition) is 6. The molecule has 36 heavy (non-hydrogen) atoms. The van der Waals surface area contributed by atoms with Crippen molar-refractivity contribution in [2.24, 2.45) is 0 Å². The normalized spacial score (nSPS) is 13.3. The van der Waals surface area contributed by atoms with Gasteiger partial charge in [-0.1, -0.05) is 48.5 Å². The quantitative estimate of drug-likeness (QED) is 0.395. The van der Waals surface area contributed by atoms with Crippen molar-refractivity contribution >= 4 is 18.2 Å². The van der Waals surface area contributed by atoms with Crippen molar-refractivity contribution in [1.29, 1.82) is 0 Å². The fraction of sp³-hybridized carbons (Fsp3) is 0.444. The van der Waals surface area contributed by atoms with Crippen LogP contribution < -0.4 is 10.6 Å². The molecule has 0 aliphatic heterocycles. The molecule has 2 aromatic carbocycles. The van der Waals surface area contributed by atoms with Crippen LogP contribution in [0.15, 0.2) is 48.5 Å². The van der Waals surface area contributed by atoms with Gasteiger partial charge < -0.3 is 30.0 Å². The highest BCUT2D eigenvalue weighted by atomic mass is 16.6. The van der Waals surface area contributed by atoms with Gasteiger partial charge in [0.25, 0.3) is 0 Å². The highest BCUT2D eigenvalue weighted by molar-refractivity contribution is 5.81. The number of hydrogen-bond donors (Lipinski definition) is 3. The number of unbranched alkanes of at least 4 members (excludes halogenated alkanes) is 1. The molecule has 194 valence electrons. The molecule has 0 radical (unpaired) electrons. The molecule has 1 aliphatic carbocycles. The minimum Gasteiger partial charge on any atom is -0.480 e. The first-order valence-electron chi connectivity index (χ1n) is 12.0. The Morgan fingerprint density at radius 2 is 1.56 bits per heavy atom. The summed E-state index contributed by atoms with van der Waals surface area (Å²) in [5, 5.41) is 14.5. The molecule has 0 bridgehead atoms. The molecular weight excluding hydrogens is 464 g/mol. The number of aliphatic carboxylic acids is 1. The summed E-state index contributed by atoms with van der Waals surface area (Å²) in [5.74, 6) is -1.33. The molecule has 9 nitrogen and oxygen atoms in total. The SMILES string of the molecule is CC(C)(C)OC(=O)NCCCCOCC(NC(=O)OCC1c2ccccc2-c2ccccc21)C(=O)O. The fourth-order valence-corrected chi connectivity index (χ4v) is 3.99. The van der Waals surface area contributed by atoms with Crippen molar-refractivity contribution in [2.75, 3.05) is 26.4 Å². The number of carboxylic acids is 1. The van der Waals surface area contributed by atoms with E-state index >= 15 is 0 Å². The highest BCUT2D eigenvalue weighted by Crippen LogP contribution is 2.44. The first-order chi connectivity index (χ1) is 17.2. The molecule has 9 heteroatoms. The Bertz CT molecular complexity index is 1020. The molecule has 0 fully saturated rings. The van der Waals surface area contributed by atoms with Crippen LogP contribution >= 0.6 is 0 Å². The monoisotopic (exact) mass is 498 g/mol. The maximum atomic E-state index is 12.4. The van der Waals surface area contributed by atoms with Gasteiger partial charge in [-0.25, -0.2) is 14.4 Å². The van der Waals surface area contributed by atoms with E-state index in [4.69, 9.17) is 14.2 Å². The number of nitrogens with one attached hydrogen (secondary N) is 2. The van der Waals surface area contributed by atoms with Crippen LogP contribution in [0.4, 0.5) is 9.59 Å². The molecule has 0 saturated heterocycles. The summed E-state index contributed by atoms with van der Waals surface area (Å²) in [7, 11) is 0. The fourth-order valence-electron chi connectivity index (χ4n) is 3.99. The number of fused-ring (bicyclic) bond motifs is 3. The van der Waals surface area contributed by atoms with Crippen molar-refractivity contribution in [3.8, 4) is 11.1 Å². The Morgan fingerprint density at radius 3 is 2.14 bits per heavy atom. The maximum absolute atomic E-state index is 12.4. The minimum absolute atomic E-state index is 0.0949. The Hall–Kier alpha value is -3.59. The van der Waals surface area contributed by atoms with Crippen LogP contribution in [0.2, 0.25) is 0 Å². The van der Waals surface area contributed by atoms with E-state index in [9.17, 15) is 19.5 Å². The zero-order valence-corrected chi connectivity index (χ0v) is 20.9. The molecule has 1 aliphatic rings. The first-order valence-corrected chi connectivity index (χ1v) is 12.0. The second-order valence-electron chi connectivity index (χ2n) is 9.57. The molecule has 3 rings (SSSR count). The molecule has 0 aromatic heterocycles. The van der Waals surface area contributed by atoms with E-state index in [1.54, 1.807) is 20.8 Å². The Kier molecular flexibility index (Phi) is 9.30. The number of alkyl carbamates (subject to hydrolysis) is 2. The van der Waals surface area contributed by atoms with Gasteiger partial charge >= 0.3 is 18.2 Å². The lowest BCUT2D eigenvalue weighted by Gasteiger charge is -2.19. The molecule has 1 atom stereocenters. The van der Waals surface area contributed by atoms with Crippen molar-refractivity contribution in [3.63, 3.8) is 0 Å². The second-order valence-corrected chi connectivity index (χ2v) is 9.57. The van der Waals surface area contributed by atoms with Gasteiger partial charge in [0.05, 0.1) is 6.61 Å². The van der Waals surface area contributed by atoms with E-state index in [1.807, 2.05) is 48.5 Å². The van der Waals surface area contributed by atoms with Gasteiger partial charge in [0, 0.05) is 19.1 Å². The van der Waals surface area contributed by atoms with Crippen molar-refractivity contribution in [3.05, 3.63) is 59.7 Å². The molecule has 0 saturated carbocycles. The number of rotatable bonds is 11. The van der Waals surface area contributed by atoms with Crippen molar-refractivity contribution < 1.29 is 33.7 Å². The number of carbonyl (C=O) groups is 3. The third kappa shape index (κ3) is 7.71. The molecule has 2 amide bonds. The predicted molar refractivity (Wildman–Crippen MR) is 134 cm³/mol. The summed E-state index contributed by atoms with van der Waals surface area (Å²) in [6.07, 6.45) is -0.0554. The lowest BCUT2D eigenvalue weighted by molar-refractivity contribution is -0.141. The van der Waals surface area contributed by atoms with E-state index in [-0.39, 0.29) is 25.7 Å². The third-order valence-electron chi connectivity index (χ3n) is 5.60. The molecule has 0 spiro atoms. The highest BCUT2D eigenvalue weighted by Gasteiger charge is 2.29. The first kappa shape index (κ1) is 27.0. The predicted octanol–water partition coefficient (Wildman–Crippen LogP) is 4.30. The minimum atomic E-state index is -1.24. The van der Waals surface area contributed by atoms with Gasteiger partial charge in [0.15, 0.2) is 6.04 Å². The zero-order valence-electron chi connectivity index (χ0n) is 20.9. The summed E-state index contributed by atoms with van der Waals surface area (Å²) < 4.78 is 16.0. The van der Waals surface area contributed by atoms with Gasteiger partial charge in [0.2, 0.25) is 0 Å². The van der Waals surface area contributed by atoms with Gasteiger partial charge in [0.1, 0.15) is 12.2 Å². The zero-order chi connectivity index (χ0) is 26.1. The lowest BCUT2D eigenvalue weighted by Crippen LogP contribution is -2.44. The van der Waals surface area contributed by atoms with Crippen molar-refractivity contribution in [1.82, 2.24) is 10.6 Å². The number of benzene rings is 2. The van der Waals surface area contributed by atoms with E-state index in [0.717, 1.165) is 22.3 Å². The van der Waals surface area contributed by atoms with Crippen LogP contribution in [0, 0.1) is 0 Å². The summed E-state index contributed by atoms with van der Waals surface area (Å²) in [4.78, 5) is 35.5. The number of carbonyl (C=O) groups excluding carboxylic acids is 2. The average molecular weight is 499 g/mol. The van der Waals surface area contributed by atoms with Crippen LogP contribution in [0.25, 0.3) is 11.1 Å². The number of amides is 2. The number of ether oxygens (including phenoxy) is 3. The molecule has 1 unspecified atom stereocenters. The summed E-state index contributed by atoms with van der Waals surface area (Å²) in [5.41, 5.74) is 3.82. The topological polar surface area (TPSA) is 123 Å². The Morgan fingerprint density at radius 1 is 0.944 bits per heavy atom. The van der Waals surface area contributed by atoms with E-state index < -0.39 is 29.8 Å². The molecule has 2 aromatic rings. The van der Waals surface area contributed by atoms with Gasteiger partial charge in [-0.3, -0.25) is 0 Å². The summed E-state index contributed by atoms with van der Waals surface area (Å²) in [6, 6.07) is 14.7. The van der Waals surface area contributed by atoms with Crippen LogP contribution in [-0.4, -0.2) is 61.3 Å². The maximum Gasteiger partial charge on any atom is 0.407 e. The third-order valence-corrected chi connectivity index (χ3v) is 5.60. The van der Waals surface area contributed by atoms with Crippen molar-refractivity contribution in [2.45, 2.75) is 51.2 Å². The second kappa shape index (κ2) is 12.4. The lowest BCUT2D eigenvalue weighted by atomic mass is 9.98. The average Bonchev–Trinajstić information content (AvgIpc) is 3.14. The van der Waals surface area contributed by atoms with Gasteiger partial charge in [-0.15, -0.1) is 0 Å². The standard InChI is InChI=1S/C27H34N2O7/c1-27(2,3)36-25(32)28-14-8-9-15-34-17-23(24(30)31)29-26(33)35-16-22-20-12-6-4-10-18(20)19-11-5-7-13-21(19)22/h4-7,10-13,22-23H,8-9,14-17H2,1-3H3,(H,28,32)(H,29,33)(H,30,31). The van der Waals surface area contributed by atoms with Gasteiger partial charge in [-0.05, 0) is 55.9 Å². The van der Waals surface area contributed by atoms with E-state index in [0.29, 0.717) is 19.4 Å². The smallest absolute Gasteiger partial charge is 0.407 e. The molecule has 0 heterocycles. The summed E-state index contributed by atoms with van der Waals surface area (Å²) >= 11 is 0. The van der Waals surface area contributed by atoms with E-state index in [1.165, 1.54) is 0 Å². The Labute approximate surface area is 211 Å². The van der Waals surface area contributed by atoms with Crippen LogP contribution in [0.3, 0.4) is 0 Å². The van der Waals surface area contributed by atoms with E-state index in [2.05, 4.69) is 10.6 Å². The van der Waals surface area contributed by atoms with Crippen LogP contribution in [0.5, 0.6) is 0 Å². The van der Waals surface area contributed by atoms with Gasteiger partial charge in [-0.2, -0.15) is 0 Å². The van der Waals surface area contributed by atoms with Crippen LogP contribution in [-0.2, 0) is 19.0 Å². The van der Waals surface area contributed by atoms with Crippen LogP contribution in [0.1, 0.15) is 50.7 Å². The summed E-state index contributed by atoms with van der Waals surface area (Å²) in [6.45, 7) is 5.96. The molecule has 3 N–H and O–H groups in total.